The molecule has 1 fully saturated rings. The van der Waals surface area contributed by atoms with E-state index in [0.29, 0.717) is 12.3 Å². The van der Waals surface area contributed by atoms with Gasteiger partial charge in [0.05, 0.1) is 12.1 Å². The Hall–Kier alpha value is -1.40. The quantitative estimate of drug-likeness (QED) is 0.751. The second-order valence-electron chi connectivity index (χ2n) is 4.27. The molecular weight excluding hydrogens is 220 g/mol. The number of nitrogens with one attached hydrogen (secondary N) is 1. The van der Waals surface area contributed by atoms with Gasteiger partial charge in [0.25, 0.3) is 5.91 Å². The third kappa shape index (κ3) is 2.48. The van der Waals surface area contributed by atoms with Gasteiger partial charge in [0, 0.05) is 25.9 Å². The molecule has 0 saturated heterocycles. The fourth-order valence-electron chi connectivity index (χ4n) is 1.99. The van der Waals surface area contributed by atoms with Gasteiger partial charge in [0.2, 0.25) is 0 Å². The molecule has 3 atom stereocenters. The number of rotatable bonds is 4. The first kappa shape index (κ1) is 12.1. The summed E-state index contributed by atoms with van der Waals surface area (Å²) in [5.41, 5.74) is 6.26. The molecular formula is C11H18N4O2. The van der Waals surface area contributed by atoms with Crippen LogP contribution >= 0.6 is 0 Å². The van der Waals surface area contributed by atoms with Crippen molar-refractivity contribution >= 4 is 5.91 Å². The van der Waals surface area contributed by atoms with Crippen molar-refractivity contribution in [1.82, 2.24) is 15.1 Å². The third-order valence-electron chi connectivity index (χ3n) is 2.99. The first-order valence-electron chi connectivity index (χ1n) is 5.79. The molecule has 0 spiro atoms. The molecule has 0 aromatic carbocycles. The topological polar surface area (TPSA) is 82.2 Å². The summed E-state index contributed by atoms with van der Waals surface area (Å²) >= 11 is 0. The van der Waals surface area contributed by atoms with Gasteiger partial charge in [0.15, 0.2) is 0 Å². The summed E-state index contributed by atoms with van der Waals surface area (Å²) in [6.45, 7) is 2.56. The van der Waals surface area contributed by atoms with Crippen molar-refractivity contribution in [3.8, 4) is 0 Å². The lowest BCUT2D eigenvalue weighted by Crippen LogP contribution is -2.64. The Balaban J connectivity index is 1.94. The van der Waals surface area contributed by atoms with Crippen LogP contribution in [0.25, 0.3) is 0 Å². The van der Waals surface area contributed by atoms with Gasteiger partial charge in [-0.2, -0.15) is 5.10 Å². The molecule has 1 heterocycles. The minimum Gasteiger partial charge on any atom is -0.376 e. The molecule has 1 aliphatic rings. The van der Waals surface area contributed by atoms with Crippen LogP contribution in [0.1, 0.15) is 23.8 Å². The first-order chi connectivity index (χ1) is 8.11. The van der Waals surface area contributed by atoms with Gasteiger partial charge in [-0.25, -0.2) is 0 Å². The summed E-state index contributed by atoms with van der Waals surface area (Å²) < 4.78 is 7.08. The van der Waals surface area contributed by atoms with Crippen molar-refractivity contribution < 1.29 is 9.53 Å². The van der Waals surface area contributed by atoms with E-state index in [2.05, 4.69) is 10.4 Å². The smallest absolute Gasteiger partial charge is 0.272 e. The van der Waals surface area contributed by atoms with Crippen molar-refractivity contribution in [1.29, 1.82) is 0 Å². The summed E-state index contributed by atoms with van der Waals surface area (Å²) in [6, 6.07) is 1.54. The lowest BCUT2D eigenvalue weighted by Gasteiger charge is -2.42. The molecule has 1 aliphatic carbocycles. The number of aromatic nitrogens is 2. The van der Waals surface area contributed by atoms with E-state index < -0.39 is 0 Å². The number of amides is 1. The predicted molar refractivity (Wildman–Crippen MR) is 62.5 cm³/mol. The fourth-order valence-corrected chi connectivity index (χ4v) is 1.99. The minimum absolute atomic E-state index is 0.0285. The highest BCUT2D eigenvalue weighted by atomic mass is 16.5. The van der Waals surface area contributed by atoms with E-state index in [1.165, 1.54) is 0 Å². The summed E-state index contributed by atoms with van der Waals surface area (Å²) in [6.07, 6.45) is 2.55. The summed E-state index contributed by atoms with van der Waals surface area (Å²) in [5, 5.41) is 6.91. The van der Waals surface area contributed by atoms with Crippen LogP contribution in [0.3, 0.4) is 0 Å². The lowest BCUT2D eigenvalue weighted by atomic mass is 9.83. The van der Waals surface area contributed by atoms with Crippen molar-refractivity contribution in [2.75, 3.05) is 6.61 Å². The number of hydrogen-bond donors (Lipinski definition) is 2. The largest absolute Gasteiger partial charge is 0.376 e. The van der Waals surface area contributed by atoms with E-state index in [-0.39, 0.29) is 24.1 Å². The van der Waals surface area contributed by atoms with Crippen LogP contribution in [-0.2, 0) is 11.8 Å². The standard InChI is InChI=1S/C11H18N4O2/c1-3-17-9-6-7(12)10(9)13-11(16)8-4-5-15(2)14-8/h4-5,7,9-10H,3,6,12H2,1-2H3,(H,13,16). The molecule has 6 nitrogen and oxygen atoms in total. The van der Waals surface area contributed by atoms with Gasteiger partial charge in [-0.15, -0.1) is 0 Å². The van der Waals surface area contributed by atoms with Crippen LogP contribution in [0.15, 0.2) is 12.3 Å². The van der Waals surface area contributed by atoms with Crippen LogP contribution in [0, 0.1) is 0 Å². The van der Waals surface area contributed by atoms with Gasteiger partial charge < -0.3 is 15.8 Å². The van der Waals surface area contributed by atoms with E-state index in [9.17, 15) is 4.79 Å². The lowest BCUT2D eigenvalue weighted by molar-refractivity contribution is -0.0300. The Bertz CT molecular complexity index is 402. The zero-order chi connectivity index (χ0) is 12.4. The monoisotopic (exact) mass is 238 g/mol. The molecule has 0 bridgehead atoms. The van der Waals surface area contributed by atoms with Crippen molar-refractivity contribution in [2.45, 2.75) is 31.5 Å². The number of hydrogen-bond acceptors (Lipinski definition) is 4. The fraction of sp³-hybridized carbons (Fsp3) is 0.636. The SMILES string of the molecule is CCOC1CC(N)C1NC(=O)c1ccn(C)n1. The van der Waals surface area contributed by atoms with E-state index in [4.69, 9.17) is 10.5 Å². The van der Waals surface area contributed by atoms with E-state index >= 15 is 0 Å². The molecule has 3 N–H and O–H groups in total. The van der Waals surface area contributed by atoms with Gasteiger partial charge in [-0.05, 0) is 19.4 Å². The first-order valence-corrected chi connectivity index (χ1v) is 5.79. The Morgan fingerprint density at radius 3 is 3.06 bits per heavy atom. The Labute approximate surface area is 100 Å². The van der Waals surface area contributed by atoms with Crippen molar-refractivity contribution in [2.24, 2.45) is 12.8 Å². The molecule has 2 rings (SSSR count). The highest BCUT2D eigenvalue weighted by molar-refractivity contribution is 5.92. The Morgan fingerprint density at radius 1 is 1.76 bits per heavy atom. The van der Waals surface area contributed by atoms with Gasteiger partial charge in [0.1, 0.15) is 5.69 Å². The molecule has 3 unspecified atom stereocenters. The zero-order valence-corrected chi connectivity index (χ0v) is 10.1. The minimum atomic E-state index is -0.199. The molecule has 6 heteroatoms. The van der Waals surface area contributed by atoms with E-state index in [1.807, 2.05) is 6.92 Å². The average Bonchev–Trinajstić information content (AvgIpc) is 2.72. The second-order valence-corrected chi connectivity index (χ2v) is 4.27. The van der Waals surface area contributed by atoms with Crippen molar-refractivity contribution in [3.63, 3.8) is 0 Å². The normalized spacial score (nSPS) is 27.6. The molecule has 0 radical (unpaired) electrons. The molecule has 0 aliphatic heterocycles. The van der Waals surface area contributed by atoms with Crippen LogP contribution in [0.2, 0.25) is 0 Å². The molecule has 1 saturated carbocycles. The summed E-state index contributed by atoms with van der Waals surface area (Å²) in [7, 11) is 1.77. The predicted octanol–water partition coefficient (Wildman–Crippen LogP) is -0.345. The zero-order valence-electron chi connectivity index (χ0n) is 10.1. The Kier molecular flexibility index (Phi) is 3.44. The molecule has 1 aromatic heterocycles. The van der Waals surface area contributed by atoms with E-state index in [0.717, 1.165) is 6.42 Å². The van der Waals surface area contributed by atoms with Crippen LogP contribution in [-0.4, -0.2) is 40.5 Å². The Morgan fingerprint density at radius 2 is 2.53 bits per heavy atom. The maximum absolute atomic E-state index is 11.9. The number of nitrogens with two attached hydrogens (primary N) is 1. The third-order valence-corrected chi connectivity index (χ3v) is 2.99. The maximum Gasteiger partial charge on any atom is 0.272 e. The number of aryl methyl sites for hydroxylation is 1. The van der Waals surface area contributed by atoms with Gasteiger partial charge >= 0.3 is 0 Å². The second kappa shape index (κ2) is 4.85. The number of carbonyl (C=O) groups excluding carboxylic acids is 1. The highest BCUT2D eigenvalue weighted by Crippen LogP contribution is 2.22. The number of ether oxygens (including phenoxy) is 1. The van der Waals surface area contributed by atoms with Crippen LogP contribution in [0.4, 0.5) is 0 Å². The molecule has 94 valence electrons. The molecule has 1 aromatic rings. The van der Waals surface area contributed by atoms with Gasteiger partial charge in [-0.3, -0.25) is 9.48 Å². The average molecular weight is 238 g/mol. The van der Waals surface area contributed by atoms with Crippen molar-refractivity contribution in [3.05, 3.63) is 18.0 Å². The maximum atomic E-state index is 11.9. The van der Waals surface area contributed by atoms with Crippen LogP contribution < -0.4 is 11.1 Å². The summed E-state index contributed by atoms with van der Waals surface area (Å²) in [5.74, 6) is -0.199. The highest BCUT2D eigenvalue weighted by Gasteiger charge is 2.40. The number of carbonyl (C=O) groups is 1. The van der Waals surface area contributed by atoms with Gasteiger partial charge in [-0.1, -0.05) is 0 Å². The van der Waals surface area contributed by atoms with E-state index in [1.54, 1.807) is 24.0 Å². The molecule has 17 heavy (non-hydrogen) atoms. The summed E-state index contributed by atoms with van der Waals surface area (Å²) in [4.78, 5) is 11.9. The number of nitrogens with zero attached hydrogens (tertiary/aromatic N) is 2. The molecule has 1 amide bonds. The van der Waals surface area contributed by atoms with Crippen LogP contribution in [0.5, 0.6) is 0 Å².